The lowest BCUT2D eigenvalue weighted by atomic mass is 9.72. The summed E-state index contributed by atoms with van der Waals surface area (Å²) < 4.78 is 56.5. The second kappa shape index (κ2) is 15.1. The van der Waals surface area contributed by atoms with Gasteiger partial charge in [0.1, 0.15) is 15.6 Å². The number of amides is 1. The number of halogens is 3. The molecule has 0 radical (unpaired) electrons. The van der Waals surface area contributed by atoms with Crippen molar-refractivity contribution in [3.05, 3.63) is 92.4 Å². The number of hydrogen-bond acceptors (Lipinski definition) is 9. The lowest BCUT2D eigenvalue weighted by Gasteiger charge is -2.41. The fourth-order valence-electron chi connectivity index (χ4n) is 7.13. The van der Waals surface area contributed by atoms with E-state index in [9.17, 15) is 16.8 Å². The Morgan fingerprint density at radius 3 is 1.78 bits per heavy atom. The van der Waals surface area contributed by atoms with Crippen LogP contribution in [0, 0.1) is 0 Å². The summed E-state index contributed by atoms with van der Waals surface area (Å²) in [7, 11) is -6.92. The molecule has 0 spiro atoms. The summed E-state index contributed by atoms with van der Waals surface area (Å²) in [5.74, 6) is 0.136. The number of benzene rings is 3. The van der Waals surface area contributed by atoms with Crippen LogP contribution < -0.4 is 15.4 Å². The zero-order valence-electron chi connectivity index (χ0n) is 29.4. The Bertz CT molecular complexity index is 1910. The molecule has 10 nitrogen and oxygen atoms in total. The Kier molecular flexibility index (Phi) is 11.8. The van der Waals surface area contributed by atoms with Crippen molar-refractivity contribution in [3.8, 4) is 5.75 Å². The second-order valence-electron chi connectivity index (χ2n) is 13.5. The SMILES string of the molecule is CCOc1cc(Cl)c(S(C)(=O)=O)cc1C1(C(=O)N2CCN(CCCS(=O)(=O)CC)CC2)N[C@@](C)(c2ccc(Cl)cc2)[C@@](C)(c2ccc(Cl)cc2)N1. The van der Waals surface area contributed by atoms with Gasteiger partial charge in [-0.1, -0.05) is 66.0 Å². The normalized spacial score (nSPS) is 24.5. The van der Waals surface area contributed by atoms with Crippen molar-refractivity contribution in [2.45, 2.75) is 55.8 Å². The van der Waals surface area contributed by atoms with E-state index in [1.54, 1.807) is 43.0 Å². The third-order valence-electron chi connectivity index (χ3n) is 10.2. The highest BCUT2D eigenvalue weighted by atomic mass is 35.5. The first-order valence-corrected chi connectivity index (χ1v) is 21.7. The van der Waals surface area contributed by atoms with E-state index in [2.05, 4.69) is 15.5 Å². The summed E-state index contributed by atoms with van der Waals surface area (Å²) in [6, 6.07) is 17.6. The van der Waals surface area contributed by atoms with Gasteiger partial charge in [-0.2, -0.15) is 0 Å². The molecule has 5 rings (SSSR count). The minimum Gasteiger partial charge on any atom is -0.493 e. The average Bonchev–Trinajstić information content (AvgIpc) is 3.33. The van der Waals surface area contributed by atoms with E-state index in [1.807, 2.05) is 38.1 Å². The summed E-state index contributed by atoms with van der Waals surface area (Å²) in [6.45, 7) is 10.0. The van der Waals surface area contributed by atoms with Crippen LogP contribution in [0.1, 0.15) is 50.8 Å². The van der Waals surface area contributed by atoms with Crippen LogP contribution in [-0.2, 0) is 41.2 Å². The Morgan fingerprint density at radius 2 is 1.33 bits per heavy atom. The summed E-state index contributed by atoms with van der Waals surface area (Å²) in [4.78, 5) is 19.2. The van der Waals surface area contributed by atoms with Crippen LogP contribution in [0.15, 0.2) is 65.6 Å². The van der Waals surface area contributed by atoms with Gasteiger partial charge >= 0.3 is 0 Å². The van der Waals surface area contributed by atoms with Crippen molar-refractivity contribution in [1.82, 2.24) is 20.4 Å². The van der Waals surface area contributed by atoms with Crippen LogP contribution in [0.4, 0.5) is 0 Å². The fourth-order valence-corrected chi connectivity index (χ4v) is 9.56. The van der Waals surface area contributed by atoms with Gasteiger partial charge in [0, 0.05) is 59.9 Å². The quantitative estimate of drug-likeness (QED) is 0.241. The minimum atomic E-state index is -3.84. The smallest absolute Gasteiger partial charge is 0.262 e. The predicted molar refractivity (Wildman–Crippen MR) is 203 cm³/mol. The molecular weight excluding hydrogens is 755 g/mol. The molecule has 1 amide bonds. The first-order valence-electron chi connectivity index (χ1n) is 16.9. The first-order chi connectivity index (χ1) is 23.9. The van der Waals surface area contributed by atoms with Crippen molar-refractivity contribution in [1.29, 1.82) is 0 Å². The fraction of sp³-hybridized carbons (Fsp3) is 0.472. The van der Waals surface area contributed by atoms with Crippen molar-refractivity contribution < 1.29 is 26.4 Å². The Morgan fingerprint density at radius 1 is 0.824 bits per heavy atom. The molecule has 0 saturated carbocycles. The van der Waals surface area contributed by atoms with Gasteiger partial charge in [-0.25, -0.2) is 16.8 Å². The van der Waals surface area contributed by atoms with Crippen molar-refractivity contribution >= 4 is 60.4 Å². The van der Waals surface area contributed by atoms with Gasteiger partial charge < -0.3 is 9.64 Å². The molecule has 3 atom stereocenters. The standard InChI is InChI=1S/C36H45Cl3N4O6S2/c1-6-49-31-24-30(39)32(50(5,45)46)23-29(31)36(33(44)43-20-18-42(19-21-43)17-8-22-51(47,48)7-2)40-34(3,25-9-13-27(37)14-10-25)35(4,41-36)26-11-15-28(38)16-12-26/h9-16,23-24,40-41H,6-8,17-22H2,1-5H3/t34-,35+,36?. The van der Waals surface area contributed by atoms with Gasteiger partial charge in [0.25, 0.3) is 5.91 Å². The zero-order chi connectivity index (χ0) is 37.4. The molecule has 3 aromatic carbocycles. The molecule has 1 unspecified atom stereocenters. The molecular formula is C36H45Cl3N4O6S2. The summed E-state index contributed by atoms with van der Waals surface area (Å²) in [5, 5.41) is 8.51. The summed E-state index contributed by atoms with van der Waals surface area (Å²) in [6.07, 6.45) is 1.58. The highest BCUT2D eigenvalue weighted by Gasteiger charge is 2.65. The lowest BCUT2D eigenvalue weighted by molar-refractivity contribution is -0.142. The number of hydrogen-bond donors (Lipinski definition) is 2. The number of rotatable bonds is 12. The van der Waals surface area contributed by atoms with Crippen molar-refractivity contribution in [2.24, 2.45) is 0 Å². The number of piperazine rings is 1. The highest BCUT2D eigenvalue weighted by molar-refractivity contribution is 7.91. The van der Waals surface area contributed by atoms with E-state index in [-0.39, 0.29) is 45.3 Å². The molecule has 2 aliphatic rings. The number of ether oxygens (including phenoxy) is 1. The van der Waals surface area contributed by atoms with Crippen LogP contribution in [0.25, 0.3) is 0 Å². The molecule has 2 heterocycles. The molecule has 2 aliphatic heterocycles. The highest BCUT2D eigenvalue weighted by Crippen LogP contribution is 2.52. The molecule has 2 saturated heterocycles. The molecule has 0 bridgehead atoms. The van der Waals surface area contributed by atoms with Crippen molar-refractivity contribution in [3.63, 3.8) is 0 Å². The molecule has 51 heavy (non-hydrogen) atoms. The first kappa shape index (κ1) is 39.8. The van der Waals surface area contributed by atoms with E-state index in [0.29, 0.717) is 49.2 Å². The molecule has 15 heteroatoms. The van der Waals surface area contributed by atoms with E-state index in [0.717, 1.165) is 17.4 Å². The third-order valence-corrected chi connectivity index (χ3v) is 14.1. The Hall–Kier alpha value is -2.42. The average molecular weight is 800 g/mol. The van der Waals surface area contributed by atoms with Crippen molar-refractivity contribution in [2.75, 3.05) is 57.1 Å². The van der Waals surface area contributed by atoms with Crippen LogP contribution in [0.2, 0.25) is 15.1 Å². The largest absolute Gasteiger partial charge is 0.493 e. The van der Waals surface area contributed by atoms with E-state index >= 15 is 4.79 Å². The maximum atomic E-state index is 15.4. The minimum absolute atomic E-state index is 0.0232. The molecule has 278 valence electrons. The van der Waals surface area contributed by atoms with Crippen LogP contribution in [-0.4, -0.2) is 89.6 Å². The van der Waals surface area contributed by atoms with Gasteiger partial charge in [-0.3, -0.25) is 20.3 Å². The molecule has 0 aliphatic carbocycles. The predicted octanol–water partition coefficient (Wildman–Crippen LogP) is 5.59. The van der Waals surface area contributed by atoms with Crippen LogP contribution >= 0.6 is 34.8 Å². The number of nitrogens with one attached hydrogen (secondary N) is 2. The van der Waals surface area contributed by atoms with Crippen LogP contribution in [0.3, 0.4) is 0 Å². The van der Waals surface area contributed by atoms with E-state index in [4.69, 9.17) is 39.5 Å². The summed E-state index contributed by atoms with van der Waals surface area (Å²) in [5.41, 5.74) is -1.90. The second-order valence-corrected chi connectivity index (χ2v) is 19.2. The monoisotopic (exact) mass is 798 g/mol. The molecule has 2 fully saturated rings. The molecule has 3 aromatic rings. The van der Waals surface area contributed by atoms with Gasteiger partial charge in [-0.05, 0) is 75.2 Å². The summed E-state index contributed by atoms with van der Waals surface area (Å²) >= 11 is 19.3. The van der Waals surface area contributed by atoms with E-state index < -0.39 is 36.4 Å². The topological polar surface area (TPSA) is 125 Å². The number of carbonyl (C=O) groups excluding carboxylic acids is 1. The van der Waals surface area contributed by atoms with Gasteiger partial charge in [0.2, 0.25) is 0 Å². The maximum Gasteiger partial charge on any atom is 0.262 e. The molecule has 0 aromatic heterocycles. The Labute approximate surface area is 316 Å². The maximum absolute atomic E-state index is 15.4. The number of carbonyl (C=O) groups is 1. The Balaban J connectivity index is 1.67. The van der Waals surface area contributed by atoms with Gasteiger partial charge in [-0.15, -0.1) is 0 Å². The molecule has 2 N–H and O–H groups in total. The zero-order valence-corrected chi connectivity index (χ0v) is 33.3. The van der Waals surface area contributed by atoms with Crippen LogP contribution in [0.5, 0.6) is 5.75 Å². The number of sulfone groups is 2. The third kappa shape index (κ3) is 7.94. The van der Waals surface area contributed by atoms with Gasteiger partial charge in [0.15, 0.2) is 15.5 Å². The van der Waals surface area contributed by atoms with E-state index in [1.165, 1.54) is 12.1 Å². The number of nitrogens with zero attached hydrogens (tertiary/aromatic N) is 2. The lowest BCUT2D eigenvalue weighted by Crippen LogP contribution is -2.63. The van der Waals surface area contributed by atoms with Gasteiger partial charge in [0.05, 0.1) is 33.4 Å².